The van der Waals surface area contributed by atoms with E-state index in [4.69, 9.17) is 0 Å². The van der Waals surface area contributed by atoms with Crippen LogP contribution in [-0.2, 0) is 6.42 Å². The minimum absolute atomic E-state index is 0.633. The molecule has 1 unspecified atom stereocenters. The summed E-state index contributed by atoms with van der Waals surface area (Å²) in [7, 11) is 0. The second-order valence-electron chi connectivity index (χ2n) is 6.43. The van der Waals surface area contributed by atoms with Gasteiger partial charge in [-0.25, -0.2) is 4.68 Å². The van der Waals surface area contributed by atoms with Crippen molar-refractivity contribution in [3.8, 4) is 5.69 Å². The summed E-state index contributed by atoms with van der Waals surface area (Å²) in [4.78, 5) is 0. The van der Waals surface area contributed by atoms with Gasteiger partial charge in [0.15, 0.2) is 0 Å². The molecule has 3 rings (SSSR count). The van der Waals surface area contributed by atoms with Crippen LogP contribution in [0, 0.1) is 5.92 Å². The van der Waals surface area contributed by atoms with Crippen LogP contribution in [-0.4, -0.2) is 9.78 Å². The molecule has 0 bridgehead atoms. The molecule has 1 aromatic carbocycles. The first-order chi connectivity index (χ1) is 10.3. The Balaban J connectivity index is 1.75. The molecule has 2 nitrogen and oxygen atoms in total. The summed E-state index contributed by atoms with van der Waals surface area (Å²) in [6.45, 7) is 4.56. The zero-order valence-electron chi connectivity index (χ0n) is 13.3. The minimum Gasteiger partial charge on any atom is -0.241 e. The third-order valence-corrected chi connectivity index (χ3v) is 5.09. The van der Waals surface area contributed by atoms with Gasteiger partial charge in [0.1, 0.15) is 0 Å². The molecule has 0 N–H and O–H groups in total. The molecule has 2 heteroatoms. The lowest BCUT2D eigenvalue weighted by atomic mass is 9.79. The van der Waals surface area contributed by atoms with Crippen molar-refractivity contribution >= 4 is 0 Å². The van der Waals surface area contributed by atoms with E-state index in [-0.39, 0.29) is 0 Å². The van der Waals surface area contributed by atoms with Crippen molar-refractivity contribution in [1.29, 1.82) is 0 Å². The van der Waals surface area contributed by atoms with Crippen LogP contribution < -0.4 is 0 Å². The lowest BCUT2D eigenvalue weighted by Gasteiger charge is -2.26. The van der Waals surface area contributed by atoms with E-state index in [9.17, 15) is 0 Å². The molecular weight excluding hydrogens is 256 g/mol. The van der Waals surface area contributed by atoms with Crippen LogP contribution in [0.25, 0.3) is 5.69 Å². The molecule has 1 atom stereocenters. The monoisotopic (exact) mass is 282 g/mol. The molecule has 1 aliphatic rings. The van der Waals surface area contributed by atoms with Crippen LogP contribution in [0.15, 0.2) is 36.7 Å². The van der Waals surface area contributed by atoms with Crippen LogP contribution in [0.3, 0.4) is 0 Å². The summed E-state index contributed by atoms with van der Waals surface area (Å²) < 4.78 is 2.02. The number of aromatic nitrogens is 2. The predicted octanol–water partition coefficient (Wildman–Crippen LogP) is 5.12. The van der Waals surface area contributed by atoms with Crippen LogP contribution in [0.2, 0.25) is 0 Å². The Morgan fingerprint density at radius 2 is 1.86 bits per heavy atom. The highest BCUT2D eigenvalue weighted by atomic mass is 15.3. The topological polar surface area (TPSA) is 17.8 Å². The van der Waals surface area contributed by atoms with Gasteiger partial charge < -0.3 is 0 Å². The Hall–Kier alpha value is -1.57. The molecule has 1 fully saturated rings. The van der Waals surface area contributed by atoms with E-state index < -0.39 is 0 Å². The standard InChI is InChI=1S/C19H26N2/c1-3-16-9-11-19(12-10-16)21-14-18(13-20-21)15(2)17-7-5-4-6-8-17/h9-15,17H,3-8H2,1-2H3. The third kappa shape index (κ3) is 3.20. The normalized spacial score (nSPS) is 17.8. The molecule has 2 aromatic rings. The number of rotatable bonds is 4. The van der Waals surface area contributed by atoms with Crippen molar-refractivity contribution < 1.29 is 0 Å². The molecule has 1 saturated carbocycles. The summed E-state index contributed by atoms with van der Waals surface area (Å²) >= 11 is 0. The second kappa shape index (κ2) is 6.46. The smallest absolute Gasteiger partial charge is 0.0645 e. The molecule has 0 spiro atoms. The summed E-state index contributed by atoms with van der Waals surface area (Å²) in [5.74, 6) is 1.48. The van der Waals surface area contributed by atoms with Crippen molar-refractivity contribution in [2.45, 2.75) is 58.3 Å². The van der Waals surface area contributed by atoms with Gasteiger partial charge in [-0.1, -0.05) is 45.2 Å². The summed E-state index contributed by atoms with van der Waals surface area (Å²) in [6, 6.07) is 8.73. The highest BCUT2D eigenvalue weighted by Gasteiger charge is 2.22. The molecule has 1 aromatic heterocycles. The van der Waals surface area contributed by atoms with Gasteiger partial charge in [-0.05, 0) is 54.4 Å². The maximum Gasteiger partial charge on any atom is 0.0645 e. The molecule has 21 heavy (non-hydrogen) atoms. The second-order valence-corrected chi connectivity index (χ2v) is 6.43. The molecule has 1 aliphatic carbocycles. The van der Waals surface area contributed by atoms with Crippen molar-refractivity contribution in [1.82, 2.24) is 9.78 Å². The Kier molecular flexibility index (Phi) is 4.42. The molecule has 1 heterocycles. The minimum atomic E-state index is 0.633. The number of hydrogen-bond donors (Lipinski definition) is 0. The van der Waals surface area contributed by atoms with Crippen molar-refractivity contribution in [3.05, 3.63) is 47.8 Å². The van der Waals surface area contributed by atoms with E-state index >= 15 is 0 Å². The Bertz CT molecular complexity index is 562. The summed E-state index contributed by atoms with van der Waals surface area (Å²) in [5, 5.41) is 4.57. The zero-order chi connectivity index (χ0) is 14.7. The van der Waals surface area contributed by atoms with E-state index in [1.54, 1.807) is 0 Å². The van der Waals surface area contributed by atoms with E-state index in [0.717, 1.165) is 18.0 Å². The highest BCUT2D eigenvalue weighted by Crippen LogP contribution is 2.35. The molecule has 112 valence electrons. The fraction of sp³-hybridized carbons (Fsp3) is 0.526. The fourth-order valence-electron chi connectivity index (χ4n) is 3.50. The first-order valence-corrected chi connectivity index (χ1v) is 8.42. The first-order valence-electron chi connectivity index (χ1n) is 8.42. The Morgan fingerprint density at radius 3 is 2.52 bits per heavy atom. The van der Waals surface area contributed by atoms with Gasteiger partial charge in [0.25, 0.3) is 0 Å². The lowest BCUT2D eigenvalue weighted by Crippen LogP contribution is -2.13. The van der Waals surface area contributed by atoms with E-state index in [0.29, 0.717) is 5.92 Å². The maximum atomic E-state index is 4.57. The van der Waals surface area contributed by atoms with Gasteiger partial charge >= 0.3 is 0 Å². The van der Waals surface area contributed by atoms with E-state index in [2.05, 4.69) is 55.6 Å². The van der Waals surface area contributed by atoms with Crippen molar-refractivity contribution in [2.24, 2.45) is 5.92 Å². The third-order valence-electron chi connectivity index (χ3n) is 5.09. The first kappa shape index (κ1) is 14.4. The predicted molar refractivity (Wildman–Crippen MR) is 87.9 cm³/mol. The Labute approximate surface area is 128 Å². The largest absolute Gasteiger partial charge is 0.241 e. The Morgan fingerprint density at radius 1 is 1.14 bits per heavy atom. The van der Waals surface area contributed by atoms with Crippen LogP contribution >= 0.6 is 0 Å². The van der Waals surface area contributed by atoms with Crippen molar-refractivity contribution in [3.63, 3.8) is 0 Å². The van der Waals surface area contributed by atoms with Gasteiger partial charge in [-0.3, -0.25) is 0 Å². The summed E-state index contributed by atoms with van der Waals surface area (Å²) in [5.41, 5.74) is 3.93. The zero-order valence-corrected chi connectivity index (χ0v) is 13.3. The molecular formula is C19H26N2. The highest BCUT2D eigenvalue weighted by molar-refractivity contribution is 5.34. The van der Waals surface area contributed by atoms with E-state index in [1.807, 2.05) is 4.68 Å². The van der Waals surface area contributed by atoms with Gasteiger partial charge in [0.05, 0.1) is 11.9 Å². The van der Waals surface area contributed by atoms with Gasteiger partial charge in [-0.2, -0.15) is 5.10 Å². The van der Waals surface area contributed by atoms with Crippen LogP contribution in [0.5, 0.6) is 0 Å². The van der Waals surface area contributed by atoms with E-state index in [1.165, 1.54) is 43.2 Å². The SMILES string of the molecule is CCc1ccc(-n2cc(C(C)C3CCCCC3)cn2)cc1. The average molecular weight is 282 g/mol. The number of aryl methyl sites for hydroxylation is 1. The van der Waals surface area contributed by atoms with Gasteiger partial charge in [-0.15, -0.1) is 0 Å². The quantitative estimate of drug-likeness (QED) is 0.761. The van der Waals surface area contributed by atoms with Gasteiger partial charge in [0, 0.05) is 6.20 Å². The van der Waals surface area contributed by atoms with Crippen molar-refractivity contribution in [2.75, 3.05) is 0 Å². The number of benzene rings is 1. The number of hydrogen-bond acceptors (Lipinski definition) is 1. The van der Waals surface area contributed by atoms with Crippen LogP contribution in [0.4, 0.5) is 0 Å². The average Bonchev–Trinajstić information content (AvgIpc) is 3.05. The molecule has 0 amide bonds. The summed E-state index contributed by atoms with van der Waals surface area (Å²) in [6.07, 6.45) is 12.4. The molecule has 0 saturated heterocycles. The number of nitrogens with zero attached hydrogens (tertiary/aromatic N) is 2. The maximum absolute atomic E-state index is 4.57. The van der Waals surface area contributed by atoms with Gasteiger partial charge in [0.2, 0.25) is 0 Å². The fourth-order valence-corrected chi connectivity index (χ4v) is 3.50. The van der Waals surface area contributed by atoms with Crippen LogP contribution in [0.1, 0.15) is 63.0 Å². The molecule has 0 aliphatic heterocycles. The lowest BCUT2D eigenvalue weighted by molar-refractivity contribution is 0.316. The molecule has 0 radical (unpaired) electrons.